The highest BCUT2D eigenvalue weighted by molar-refractivity contribution is 7.99. The van der Waals surface area contributed by atoms with Crippen LogP contribution in [0.15, 0.2) is 34.4 Å². The number of imidazole rings is 1. The van der Waals surface area contributed by atoms with Crippen LogP contribution in [0.25, 0.3) is 0 Å². The number of nitro benzene ring substituents is 1. The molecular weight excluding hydrogens is 266 g/mol. The van der Waals surface area contributed by atoms with Crippen molar-refractivity contribution in [3.05, 3.63) is 45.8 Å². The van der Waals surface area contributed by atoms with Crippen LogP contribution >= 0.6 is 11.8 Å². The molecule has 0 fully saturated rings. The Hall–Kier alpha value is -1.86. The largest absolute Gasteiger partial charge is 0.390 e. The van der Waals surface area contributed by atoms with E-state index in [9.17, 15) is 10.1 Å². The lowest BCUT2D eigenvalue weighted by atomic mass is 10.2. The summed E-state index contributed by atoms with van der Waals surface area (Å²) in [5.41, 5.74) is 1.67. The normalized spacial score (nSPS) is 10.7. The molecule has 1 N–H and O–H groups in total. The molecule has 0 spiro atoms. The van der Waals surface area contributed by atoms with E-state index in [2.05, 4.69) is 4.98 Å². The van der Waals surface area contributed by atoms with Crippen molar-refractivity contribution >= 4 is 17.4 Å². The summed E-state index contributed by atoms with van der Waals surface area (Å²) in [6, 6.07) is 4.96. The van der Waals surface area contributed by atoms with E-state index in [0.29, 0.717) is 15.7 Å². The molecule has 1 heterocycles. The van der Waals surface area contributed by atoms with Gasteiger partial charge in [-0.2, -0.15) is 0 Å². The van der Waals surface area contributed by atoms with Gasteiger partial charge in [-0.05, 0) is 30.3 Å². The third kappa shape index (κ3) is 2.77. The Kier molecular flexibility index (Phi) is 3.87. The summed E-state index contributed by atoms with van der Waals surface area (Å²) >= 11 is 1.22. The van der Waals surface area contributed by atoms with Gasteiger partial charge in [0.05, 0.1) is 28.3 Å². The standard InChI is InChI=1S/C12H13N3O3S/c1-8-3-4-10(15(17)18)11(5-8)19-12-13-6-9(7-16)14(12)2/h3-6,16H,7H2,1-2H3. The average Bonchev–Trinajstić information content (AvgIpc) is 2.70. The summed E-state index contributed by atoms with van der Waals surface area (Å²) in [4.78, 5) is 15.3. The molecular formula is C12H13N3O3S. The van der Waals surface area contributed by atoms with Crippen LogP contribution in [0.2, 0.25) is 0 Å². The molecule has 0 saturated carbocycles. The van der Waals surface area contributed by atoms with E-state index in [-0.39, 0.29) is 12.3 Å². The van der Waals surface area contributed by atoms with Crippen LogP contribution in [0, 0.1) is 17.0 Å². The van der Waals surface area contributed by atoms with Crippen LogP contribution in [0.3, 0.4) is 0 Å². The maximum Gasteiger partial charge on any atom is 0.283 e. The number of aryl methyl sites for hydroxylation is 1. The van der Waals surface area contributed by atoms with Crippen LogP contribution in [0.1, 0.15) is 11.3 Å². The molecule has 0 amide bonds. The number of aliphatic hydroxyl groups excluding tert-OH is 1. The number of nitrogens with zero attached hydrogens (tertiary/aromatic N) is 3. The highest BCUT2D eigenvalue weighted by atomic mass is 32.2. The number of nitro groups is 1. The molecule has 6 nitrogen and oxygen atoms in total. The van der Waals surface area contributed by atoms with Gasteiger partial charge < -0.3 is 9.67 Å². The summed E-state index contributed by atoms with van der Waals surface area (Å²) < 4.78 is 1.72. The fraction of sp³-hybridized carbons (Fsp3) is 0.250. The summed E-state index contributed by atoms with van der Waals surface area (Å²) in [7, 11) is 1.77. The van der Waals surface area contributed by atoms with E-state index in [4.69, 9.17) is 5.11 Å². The van der Waals surface area contributed by atoms with Crippen LogP contribution in [-0.2, 0) is 13.7 Å². The lowest BCUT2D eigenvalue weighted by Gasteiger charge is -2.05. The van der Waals surface area contributed by atoms with Gasteiger partial charge in [-0.3, -0.25) is 10.1 Å². The minimum atomic E-state index is -0.405. The molecule has 0 saturated heterocycles. The van der Waals surface area contributed by atoms with E-state index >= 15 is 0 Å². The number of rotatable bonds is 4. The van der Waals surface area contributed by atoms with Crippen LogP contribution < -0.4 is 0 Å². The maximum atomic E-state index is 11.0. The van der Waals surface area contributed by atoms with Gasteiger partial charge in [0.25, 0.3) is 5.69 Å². The minimum Gasteiger partial charge on any atom is -0.390 e. The van der Waals surface area contributed by atoms with Crippen molar-refractivity contribution in [3.8, 4) is 0 Å². The Labute approximate surface area is 114 Å². The van der Waals surface area contributed by atoms with Crippen LogP contribution in [-0.4, -0.2) is 19.6 Å². The zero-order valence-electron chi connectivity index (χ0n) is 10.5. The number of aliphatic hydroxyl groups is 1. The Morgan fingerprint density at radius 3 is 2.84 bits per heavy atom. The van der Waals surface area contributed by atoms with Gasteiger partial charge in [0.2, 0.25) is 0 Å². The SMILES string of the molecule is Cc1ccc([N+](=O)[O-])c(Sc2ncc(CO)n2C)c1. The lowest BCUT2D eigenvalue weighted by Crippen LogP contribution is -1.98. The van der Waals surface area contributed by atoms with Gasteiger partial charge in [-0.1, -0.05) is 6.07 Å². The Balaban J connectivity index is 2.39. The molecule has 0 aliphatic heterocycles. The van der Waals surface area contributed by atoms with Gasteiger partial charge >= 0.3 is 0 Å². The molecule has 100 valence electrons. The zero-order valence-corrected chi connectivity index (χ0v) is 11.3. The van der Waals surface area contributed by atoms with Crippen LogP contribution in [0.5, 0.6) is 0 Å². The molecule has 0 radical (unpaired) electrons. The Morgan fingerprint density at radius 1 is 1.53 bits per heavy atom. The summed E-state index contributed by atoms with van der Waals surface area (Å²) in [5.74, 6) is 0. The molecule has 0 atom stereocenters. The van der Waals surface area contributed by atoms with E-state index in [1.165, 1.54) is 17.8 Å². The molecule has 1 aromatic heterocycles. The number of hydrogen-bond donors (Lipinski definition) is 1. The molecule has 0 aliphatic rings. The summed E-state index contributed by atoms with van der Waals surface area (Å²) in [6.45, 7) is 1.77. The first-order valence-corrected chi connectivity index (χ1v) is 6.39. The topological polar surface area (TPSA) is 81.2 Å². The lowest BCUT2D eigenvalue weighted by molar-refractivity contribution is -0.387. The number of benzene rings is 1. The fourth-order valence-corrected chi connectivity index (χ4v) is 2.67. The molecule has 1 aromatic carbocycles. The third-order valence-electron chi connectivity index (χ3n) is 2.72. The van der Waals surface area contributed by atoms with E-state index < -0.39 is 4.92 Å². The second-order valence-corrected chi connectivity index (χ2v) is 5.09. The van der Waals surface area contributed by atoms with E-state index in [1.54, 1.807) is 29.9 Å². The smallest absolute Gasteiger partial charge is 0.283 e. The second-order valence-electron chi connectivity index (χ2n) is 4.08. The zero-order chi connectivity index (χ0) is 14.0. The Bertz CT molecular complexity index is 625. The first-order valence-electron chi connectivity index (χ1n) is 5.57. The highest BCUT2D eigenvalue weighted by Crippen LogP contribution is 2.34. The molecule has 0 aliphatic carbocycles. The van der Waals surface area contributed by atoms with Crippen molar-refractivity contribution in [1.29, 1.82) is 0 Å². The predicted molar refractivity (Wildman–Crippen MR) is 71.1 cm³/mol. The molecule has 0 unspecified atom stereocenters. The summed E-state index contributed by atoms with van der Waals surface area (Å²) in [6.07, 6.45) is 1.56. The van der Waals surface area contributed by atoms with E-state index in [1.807, 2.05) is 6.92 Å². The molecule has 7 heteroatoms. The quantitative estimate of drug-likeness (QED) is 0.686. The summed E-state index contributed by atoms with van der Waals surface area (Å²) in [5, 5.41) is 20.7. The van der Waals surface area contributed by atoms with Gasteiger partial charge in [-0.15, -0.1) is 0 Å². The fourth-order valence-electron chi connectivity index (χ4n) is 1.62. The molecule has 2 rings (SSSR count). The third-order valence-corrected chi connectivity index (χ3v) is 3.83. The maximum absolute atomic E-state index is 11.0. The molecule has 2 aromatic rings. The van der Waals surface area contributed by atoms with E-state index in [0.717, 1.165) is 5.56 Å². The molecule has 19 heavy (non-hydrogen) atoms. The average molecular weight is 279 g/mol. The van der Waals surface area contributed by atoms with Crippen molar-refractivity contribution < 1.29 is 10.0 Å². The van der Waals surface area contributed by atoms with Crippen molar-refractivity contribution in [3.63, 3.8) is 0 Å². The van der Waals surface area contributed by atoms with Crippen molar-refractivity contribution in [2.24, 2.45) is 7.05 Å². The monoisotopic (exact) mass is 279 g/mol. The van der Waals surface area contributed by atoms with Gasteiger partial charge in [0.1, 0.15) is 0 Å². The van der Waals surface area contributed by atoms with Crippen molar-refractivity contribution in [1.82, 2.24) is 9.55 Å². The first kappa shape index (κ1) is 13.6. The van der Waals surface area contributed by atoms with Gasteiger partial charge in [-0.25, -0.2) is 4.98 Å². The van der Waals surface area contributed by atoms with Crippen molar-refractivity contribution in [2.45, 2.75) is 23.6 Å². The molecule has 0 bridgehead atoms. The second kappa shape index (κ2) is 5.41. The highest BCUT2D eigenvalue weighted by Gasteiger charge is 2.17. The van der Waals surface area contributed by atoms with Crippen LogP contribution in [0.4, 0.5) is 5.69 Å². The van der Waals surface area contributed by atoms with Crippen molar-refractivity contribution in [2.75, 3.05) is 0 Å². The predicted octanol–water partition coefficient (Wildman–Crippen LogP) is 2.28. The number of hydrogen-bond acceptors (Lipinski definition) is 5. The van der Waals surface area contributed by atoms with Gasteiger partial charge in [0.15, 0.2) is 5.16 Å². The first-order chi connectivity index (χ1) is 9.02. The minimum absolute atomic E-state index is 0.0594. The van der Waals surface area contributed by atoms with Gasteiger partial charge in [0, 0.05) is 13.1 Å². The Morgan fingerprint density at radius 2 is 2.26 bits per heavy atom. The number of aromatic nitrogens is 2.